The first-order valence-electron chi connectivity index (χ1n) is 11.4. The number of amides is 2. The number of ether oxygens (including phenoxy) is 1. The normalized spacial score (nSPS) is 13.7. The van der Waals surface area contributed by atoms with Gasteiger partial charge in [0.15, 0.2) is 0 Å². The molecule has 0 atom stereocenters. The highest BCUT2D eigenvalue weighted by Gasteiger charge is 2.26. The van der Waals surface area contributed by atoms with Gasteiger partial charge in [0, 0.05) is 54.8 Å². The summed E-state index contributed by atoms with van der Waals surface area (Å²) in [6.07, 6.45) is 1.84. The van der Waals surface area contributed by atoms with Crippen LogP contribution in [0.25, 0.3) is 22.2 Å². The van der Waals surface area contributed by atoms with Crippen LogP contribution in [0, 0.1) is 11.6 Å². The molecular formula is C26H25ClF2N4O3. The molecule has 0 radical (unpaired) electrons. The lowest BCUT2D eigenvalue weighted by Gasteiger charge is -2.34. The van der Waals surface area contributed by atoms with Crippen molar-refractivity contribution in [1.29, 1.82) is 0 Å². The van der Waals surface area contributed by atoms with Gasteiger partial charge in [-0.05, 0) is 36.8 Å². The van der Waals surface area contributed by atoms with Crippen molar-refractivity contribution in [3.05, 3.63) is 76.8 Å². The maximum Gasteiger partial charge on any atom is 0.409 e. The molecule has 0 saturated carbocycles. The molecule has 2 heterocycles. The van der Waals surface area contributed by atoms with E-state index in [0.717, 1.165) is 12.1 Å². The van der Waals surface area contributed by atoms with E-state index in [4.69, 9.17) is 22.1 Å². The number of fused-ring (bicyclic) bond motifs is 1. The first-order valence-corrected chi connectivity index (χ1v) is 11.8. The number of benzene rings is 2. The van der Waals surface area contributed by atoms with Crippen LogP contribution < -0.4 is 5.73 Å². The molecule has 1 aromatic heterocycles. The Kier molecular flexibility index (Phi) is 7.81. The summed E-state index contributed by atoms with van der Waals surface area (Å²) < 4.78 is 33.7. The van der Waals surface area contributed by atoms with E-state index in [1.165, 1.54) is 6.07 Å². The van der Waals surface area contributed by atoms with Crippen molar-refractivity contribution in [3.8, 4) is 11.3 Å². The molecule has 36 heavy (non-hydrogen) atoms. The zero-order chi connectivity index (χ0) is 25.8. The van der Waals surface area contributed by atoms with Gasteiger partial charge in [0.1, 0.15) is 11.6 Å². The monoisotopic (exact) mass is 514 g/mol. The van der Waals surface area contributed by atoms with E-state index in [-0.39, 0.29) is 35.9 Å². The van der Waals surface area contributed by atoms with Crippen LogP contribution in [-0.4, -0.2) is 59.6 Å². The molecule has 10 heteroatoms. The summed E-state index contributed by atoms with van der Waals surface area (Å²) in [4.78, 5) is 33.0. The number of carbonyl (C=O) groups is 2. The summed E-state index contributed by atoms with van der Waals surface area (Å²) in [6, 6.07) is 8.79. The standard InChI is InChI=1S/C26H25ClF2N4O3/c1-2-3-10-36-26(35)33-8-6-32(7-9-33)25(34)16-4-5-18-20(27)14-23(31-24(18)13-16)17-11-21(28)19(15-30)22(29)12-17/h2,4-5,11-14H,1,3,6-10,15,30H2. The molecule has 1 fully saturated rings. The highest BCUT2D eigenvalue weighted by molar-refractivity contribution is 6.35. The number of rotatable bonds is 6. The molecule has 0 bridgehead atoms. The fraction of sp³-hybridized carbons (Fsp3) is 0.269. The molecule has 3 aromatic rings. The quantitative estimate of drug-likeness (QED) is 0.378. The van der Waals surface area contributed by atoms with Crippen LogP contribution in [-0.2, 0) is 11.3 Å². The van der Waals surface area contributed by atoms with Crippen molar-refractivity contribution in [2.45, 2.75) is 13.0 Å². The van der Waals surface area contributed by atoms with Crippen LogP contribution in [0.15, 0.2) is 49.1 Å². The maximum absolute atomic E-state index is 14.3. The molecule has 188 valence electrons. The zero-order valence-corrected chi connectivity index (χ0v) is 20.2. The Morgan fingerprint density at radius 1 is 1.08 bits per heavy atom. The molecule has 1 saturated heterocycles. The van der Waals surface area contributed by atoms with Crippen LogP contribution >= 0.6 is 11.6 Å². The Bertz CT molecular complexity index is 1300. The molecular weight excluding hydrogens is 490 g/mol. The molecule has 0 unspecified atom stereocenters. The Hall–Kier alpha value is -3.56. The average Bonchev–Trinajstić information content (AvgIpc) is 2.88. The number of hydrogen-bond donors (Lipinski definition) is 1. The van der Waals surface area contributed by atoms with E-state index >= 15 is 0 Å². The largest absolute Gasteiger partial charge is 0.449 e. The lowest BCUT2D eigenvalue weighted by atomic mass is 10.0. The Morgan fingerprint density at radius 2 is 1.75 bits per heavy atom. The van der Waals surface area contributed by atoms with Crippen LogP contribution in [0.2, 0.25) is 5.02 Å². The van der Waals surface area contributed by atoms with E-state index in [1.807, 2.05) is 0 Å². The minimum absolute atomic E-state index is 0.205. The first kappa shape index (κ1) is 25.5. The second kappa shape index (κ2) is 11.0. The predicted octanol–water partition coefficient (Wildman–Crippen LogP) is 4.76. The number of aromatic nitrogens is 1. The highest BCUT2D eigenvalue weighted by Crippen LogP contribution is 2.30. The van der Waals surface area contributed by atoms with Crippen molar-refractivity contribution in [2.24, 2.45) is 5.73 Å². The summed E-state index contributed by atoms with van der Waals surface area (Å²) in [5.41, 5.74) is 6.48. The number of piperazine rings is 1. The van der Waals surface area contributed by atoms with Gasteiger partial charge in [-0.1, -0.05) is 23.7 Å². The Labute approximate surface area is 212 Å². The van der Waals surface area contributed by atoms with E-state index in [0.29, 0.717) is 54.1 Å². The van der Waals surface area contributed by atoms with Gasteiger partial charge in [0.2, 0.25) is 0 Å². The molecule has 0 spiro atoms. The second-order valence-electron chi connectivity index (χ2n) is 8.31. The summed E-state index contributed by atoms with van der Waals surface area (Å²) in [5.74, 6) is -1.75. The van der Waals surface area contributed by atoms with E-state index in [1.54, 1.807) is 34.1 Å². The molecule has 1 aliphatic rings. The van der Waals surface area contributed by atoms with Gasteiger partial charge in [-0.2, -0.15) is 0 Å². The zero-order valence-electron chi connectivity index (χ0n) is 19.5. The van der Waals surface area contributed by atoms with Crippen molar-refractivity contribution in [2.75, 3.05) is 32.8 Å². The van der Waals surface area contributed by atoms with E-state index in [2.05, 4.69) is 11.6 Å². The number of nitrogens with zero attached hydrogens (tertiary/aromatic N) is 3. The molecule has 0 aliphatic carbocycles. The second-order valence-corrected chi connectivity index (χ2v) is 8.72. The van der Waals surface area contributed by atoms with Crippen LogP contribution in [0.3, 0.4) is 0 Å². The van der Waals surface area contributed by atoms with E-state index in [9.17, 15) is 18.4 Å². The van der Waals surface area contributed by atoms with Gasteiger partial charge in [0.05, 0.1) is 22.8 Å². The third-order valence-electron chi connectivity index (χ3n) is 6.02. The van der Waals surface area contributed by atoms with Crippen molar-refractivity contribution >= 4 is 34.5 Å². The fourth-order valence-corrected chi connectivity index (χ4v) is 4.27. The molecule has 4 rings (SSSR count). The van der Waals surface area contributed by atoms with Crippen LogP contribution in [0.5, 0.6) is 0 Å². The molecule has 2 aromatic carbocycles. The SMILES string of the molecule is C=CCCOC(=O)N1CCN(C(=O)c2ccc3c(Cl)cc(-c4cc(F)c(CN)c(F)c4)nc3c2)CC1. The number of halogens is 3. The predicted molar refractivity (Wildman–Crippen MR) is 134 cm³/mol. The van der Waals surface area contributed by atoms with Gasteiger partial charge in [-0.25, -0.2) is 18.6 Å². The average molecular weight is 515 g/mol. The smallest absolute Gasteiger partial charge is 0.409 e. The first-order chi connectivity index (χ1) is 17.3. The summed E-state index contributed by atoms with van der Waals surface area (Å²) in [7, 11) is 0. The van der Waals surface area contributed by atoms with Gasteiger partial charge in [-0.3, -0.25) is 4.79 Å². The Morgan fingerprint density at radius 3 is 2.39 bits per heavy atom. The summed E-state index contributed by atoms with van der Waals surface area (Å²) in [6.45, 7) is 5.02. The topological polar surface area (TPSA) is 88.8 Å². The van der Waals surface area contributed by atoms with Gasteiger partial charge in [-0.15, -0.1) is 6.58 Å². The van der Waals surface area contributed by atoms with Crippen molar-refractivity contribution < 1.29 is 23.1 Å². The van der Waals surface area contributed by atoms with Crippen molar-refractivity contribution in [3.63, 3.8) is 0 Å². The van der Waals surface area contributed by atoms with Gasteiger partial charge >= 0.3 is 6.09 Å². The van der Waals surface area contributed by atoms with Gasteiger partial charge in [0.25, 0.3) is 5.91 Å². The number of nitrogens with two attached hydrogens (primary N) is 1. The molecule has 7 nitrogen and oxygen atoms in total. The van der Waals surface area contributed by atoms with E-state index < -0.39 is 17.7 Å². The third kappa shape index (κ3) is 5.32. The Balaban J connectivity index is 1.53. The van der Waals surface area contributed by atoms with Gasteiger partial charge < -0.3 is 20.3 Å². The number of carbonyl (C=O) groups excluding carboxylic acids is 2. The summed E-state index contributed by atoms with van der Waals surface area (Å²) >= 11 is 6.42. The number of hydrogen-bond acceptors (Lipinski definition) is 5. The molecule has 2 N–H and O–H groups in total. The lowest BCUT2D eigenvalue weighted by molar-refractivity contribution is 0.0564. The molecule has 2 amide bonds. The maximum atomic E-state index is 14.3. The number of pyridine rings is 1. The molecule has 1 aliphatic heterocycles. The minimum Gasteiger partial charge on any atom is -0.449 e. The van der Waals surface area contributed by atoms with Crippen LogP contribution in [0.1, 0.15) is 22.3 Å². The lowest BCUT2D eigenvalue weighted by Crippen LogP contribution is -2.50. The minimum atomic E-state index is -0.766. The highest BCUT2D eigenvalue weighted by atomic mass is 35.5. The third-order valence-corrected chi connectivity index (χ3v) is 6.33. The van der Waals surface area contributed by atoms with Crippen molar-refractivity contribution in [1.82, 2.24) is 14.8 Å². The summed E-state index contributed by atoms with van der Waals surface area (Å²) in [5, 5.41) is 0.935. The fourth-order valence-electron chi connectivity index (χ4n) is 4.01. The van der Waals surface area contributed by atoms with Crippen LogP contribution in [0.4, 0.5) is 13.6 Å².